The van der Waals surface area contributed by atoms with E-state index in [0.29, 0.717) is 13.2 Å². The summed E-state index contributed by atoms with van der Waals surface area (Å²) in [7, 11) is 3.50. The molecule has 0 aliphatic carbocycles. The monoisotopic (exact) mass is 297 g/mol. The number of carbonyl (C=O) groups excluding carboxylic acids is 1. The summed E-state index contributed by atoms with van der Waals surface area (Å²) in [6.07, 6.45) is 0.847. The molecular weight excluding hydrogens is 274 g/mol. The Morgan fingerprint density at radius 1 is 1.00 bits per heavy atom. The highest BCUT2D eigenvalue weighted by Gasteiger charge is 2.11. The molecule has 0 spiro atoms. The van der Waals surface area contributed by atoms with Crippen molar-refractivity contribution >= 4 is 5.91 Å². The predicted octanol–water partition coefficient (Wildman–Crippen LogP) is 3.77. The van der Waals surface area contributed by atoms with Crippen molar-refractivity contribution in [3.63, 3.8) is 0 Å². The molecule has 2 rings (SSSR count). The van der Waals surface area contributed by atoms with E-state index in [1.807, 2.05) is 31.3 Å². The van der Waals surface area contributed by atoms with Crippen LogP contribution in [0.15, 0.2) is 48.5 Å². The van der Waals surface area contributed by atoms with E-state index < -0.39 is 0 Å². The van der Waals surface area contributed by atoms with Crippen LogP contribution in [0.25, 0.3) is 11.1 Å². The van der Waals surface area contributed by atoms with E-state index in [1.165, 1.54) is 5.56 Å². The smallest absolute Gasteiger partial charge is 0.253 e. The van der Waals surface area contributed by atoms with Gasteiger partial charge in [-0.1, -0.05) is 42.0 Å². The minimum Gasteiger partial charge on any atom is -0.385 e. The number of ether oxygens (including phenoxy) is 1. The van der Waals surface area contributed by atoms with Crippen LogP contribution in [-0.4, -0.2) is 38.1 Å². The van der Waals surface area contributed by atoms with Crippen LogP contribution in [-0.2, 0) is 4.74 Å². The Hall–Kier alpha value is -2.13. The summed E-state index contributed by atoms with van der Waals surface area (Å²) in [5.41, 5.74) is 4.25. The number of benzene rings is 2. The molecule has 3 heteroatoms. The highest BCUT2D eigenvalue weighted by Crippen LogP contribution is 2.20. The van der Waals surface area contributed by atoms with E-state index in [1.54, 1.807) is 12.0 Å². The van der Waals surface area contributed by atoms with Gasteiger partial charge in [0.2, 0.25) is 0 Å². The number of methoxy groups -OCH3 is 1. The largest absolute Gasteiger partial charge is 0.385 e. The zero-order chi connectivity index (χ0) is 15.9. The van der Waals surface area contributed by atoms with Gasteiger partial charge in [-0.15, -0.1) is 0 Å². The normalized spacial score (nSPS) is 10.5. The summed E-state index contributed by atoms with van der Waals surface area (Å²) in [6.45, 7) is 3.45. The number of hydrogen-bond donors (Lipinski definition) is 0. The number of nitrogens with zero attached hydrogens (tertiary/aromatic N) is 1. The van der Waals surface area contributed by atoms with Crippen molar-refractivity contribution < 1.29 is 9.53 Å². The number of carbonyl (C=O) groups is 1. The number of aryl methyl sites for hydroxylation is 1. The summed E-state index contributed by atoms with van der Waals surface area (Å²) >= 11 is 0. The maximum absolute atomic E-state index is 12.3. The lowest BCUT2D eigenvalue weighted by Crippen LogP contribution is -2.28. The van der Waals surface area contributed by atoms with Crippen molar-refractivity contribution in [1.29, 1.82) is 0 Å². The van der Waals surface area contributed by atoms with E-state index in [-0.39, 0.29) is 5.91 Å². The maximum Gasteiger partial charge on any atom is 0.253 e. The molecule has 0 saturated carbocycles. The molecule has 0 aromatic heterocycles. The fourth-order valence-electron chi connectivity index (χ4n) is 2.32. The number of rotatable bonds is 6. The van der Waals surface area contributed by atoms with Crippen LogP contribution in [0.1, 0.15) is 22.3 Å². The van der Waals surface area contributed by atoms with Gasteiger partial charge in [0.05, 0.1) is 0 Å². The Bertz CT molecular complexity index is 602. The van der Waals surface area contributed by atoms with E-state index in [2.05, 4.69) is 31.2 Å². The first-order valence-electron chi connectivity index (χ1n) is 7.53. The second-order valence-electron chi connectivity index (χ2n) is 5.52. The minimum atomic E-state index is 0.0477. The van der Waals surface area contributed by atoms with Crippen LogP contribution in [0.2, 0.25) is 0 Å². The molecule has 3 nitrogen and oxygen atoms in total. The molecule has 2 aromatic carbocycles. The van der Waals surface area contributed by atoms with Crippen LogP contribution >= 0.6 is 0 Å². The van der Waals surface area contributed by atoms with Gasteiger partial charge < -0.3 is 9.64 Å². The molecule has 0 heterocycles. The Labute approximate surface area is 132 Å². The molecular formula is C19H23NO2. The van der Waals surface area contributed by atoms with Gasteiger partial charge >= 0.3 is 0 Å². The van der Waals surface area contributed by atoms with Crippen LogP contribution in [0.3, 0.4) is 0 Å². The van der Waals surface area contributed by atoms with Crippen molar-refractivity contribution in [2.75, 3.05) is 27.3 Å². The average Bonchev–Trinajstić information content (AvgIpc) is 2.55. The molecule has 0 N–H and O–H groups in total. The van der Waals surface area contributed by atoms with Crippen LogP contribution in [0.4, 0.5) is 0 Å². The topological polar surface area (TPSA) is 29.5 Å². The van der Waals surface area contributed by atoms with Gasteiger partial charge in [0.1, 0.15) is 0 Å². The summed E-state index contributed by atoms with van der Waals surface area (Å²) in [4.78, 5) is 14.1. The van der Waals surface area contributed by atoms with E-state index >= 15 is 0 Å². The van der Waals surface area contributed by atoms with E-state index in [9.17, 15) is 4.79 Å². The molecule has 0 unspecified atom stereocenters. The van der Waals surface area contributed by atoms with Gasteiger partial charge in [0.15, 0.2) is 0 Å². The highest BCUT2D eigenvalue weighted by atomic mass is 16.5. The fraction of sp³-hybridized carbons (Fsp3) is 0.316. The van der Waals surface area contributed by atoms with Gasteiger partial charge in [0.25, 0.3) is 5.91 Å². The van der Waals surface area contributed by atoms with Gasteiger partial charge in [-0.3, -0.25) is 4.79 Å². The molecule has 0 radical (unpaired) electrons. The molecule has 0 aliphatic heterocycles. The average molecular weight is 297 g/mol. The molecule has 22 heavy (non-hydrogen) atoms. The minimum absolute atomic E-state index is 0.0477. The van der Waals surface area contributed by atoms with Crippen molar-refractivity contribution in [2.45, 2.75) is 13.3 Å². The quantitative estimate of drug-likeness (QED) is 0.760. The van der Waals surface area contributed by atoms with Crippen LogP contribution in [0.5, 0.6) is 0 Å². The molecule has 0 saturated heterocycles. The first kappa shape index (κ1) is 16.2. The summed E-state index contributed by atoms with van der Waals surface area (Å²) in [5, 5.41) is 0. The second kappa shape index (κ2) is 7.76. The summed E-state index contributed by atoms with van der Waals surface area (Å²) in [5.74, 6) is 0.0477. The fourth-order valence-corrected chi connectivity index (χ4v) is 2.32. The van der Waals surface area contributed by atoms with E-state index in [4.69, 9.17) is 4.74 Å². The molecule has 116 valence electrons. The molecule has 0 aliphatic rings. The Morgan fingerprint density at radius 3 is 2.09 bits per heavy atom. The van der Waals surface area contributed by atoms with Crippen LogP contribution < -0.4 is 0 Å². The summed E-state index contributed by atoms with van der Waals surface area (Å²) in [6, 6.07) is 16.2. The SMILES string of the molecule is COCCCN(C)C(=O)c1ccc(-c2ccc(C)cc2)cc1. The highest BCUT2D eigenvalue weighted by molar-refractivity contribution is 5.94. The Morgan fingerprint density at radius 2 is 1.55 bits per heavy atom. The van der Waals surface area contributed by atoms with E-state index in [0.717, 1.165) is 23.1 Å². The molecule has 0 atom stereocenters. The third-order valence-electron chi connectivity index (χ3n) is 3.71. The third kappa shape index (κ3) is 4.18. The number of hydrogen-bond acceptors (Lipinski definition) is 2. The van der Waals surface area contributed by atoms with Crippen LogP contribution in [0, 0.1) is 6.92 Å². The van der Waals surface area contributed by atoms with Crippen molar-refractivity contribution in [3.8, 4) is 11.1 Å². The maximum atomic E-state index is 12.3. The Kier molecular flexibility index (Phi) is 5.73. The molecule has 1 amide bonds. The first-order chi connectivity index (χ1) is 10.6. The lowest BCUT2D eigenvalue weighted by Gasteiger charge is -2.17. The second-order valence-corrected chi connectivity index (χ2v) is 5.52. The van der Waals surface area contributed by atoms with Gasteiger partial charge in [-0.2, -0.15) is 0 Å². The molecule has 0 bridgehead atoms. The zero-order valence-corrected chi connectivity index (χ0v) is 13.5. The molecule has 0 fully saturated rings. The molecule has 2 aromatic rings. The Balaban J connectivity index is 2.04. The predicted molar refractivity (Wildman–Crippen MR) is 90.1 cm³/mol. The van der Waals surface area contributed by atoms with Crippen molar-refractivity contribution in [2.24, 2.45) is 0 Å². The number of amides is 1. The third-order valence-corrected chi connectivity index (χ3v) is 3.71. The van der Waals surface area contributed by atoms with Gasteiger partial charge in [-0.25, -0.2) is 0 Å². The van der Waals surface area contributed by atoms with Gasteiger partial charge in [-0.05, 0) is 36.6 Å². The lowest BCUT2D eigenvalue weighted by atomic mass is 10.0. The standard InChI is InChI=1S/C19H23NO2/c1-15-5-7-16(8-6-15)17-9-11-18(12-10-17)19(21)20(2)13-4-14-22-3/h5-12H,4,13-14H2,1-3H3. The van der Waals surface area contributed by atoms with Gasteiger partial charge in [0, 0.05) is 32.9 Å². The lowest BCUT2D eigenvalue weighted by molar-refractivity contribution is 0.0779. The summed E-state index contributed by atoms with van der Waals surface area (Å²) < 4.78 is 5.01. The van der Waals surface area contributed by atoms with Crippen molar-refractivity contribution in [3.05, 3.63) is 59.7 Å². The van der Waals surface area contributed by atoms with Crippen molar-refractivity contribution in [1.82, 2.24) is 4.90 Å². The zero-order valence-electron chi connectivity index (χ0n) is 13.5. The first-order valence-corrected chi connectivity index (χ1v) is 7.53.